The highest BCUT2D eigenvalue weighted by molar-refractivity contribution is 4.60. The van der Waals surface area contributed by atoms with E-state index in [1.807, 2.05) is 0 Å². The monoisotopic (exact) mass is 171 g/mol. The van der Waals surface area contributed by atoms with Gasteiger partial charge in [-0.1, -0.05) is 39.5 Å². The van der Waals surface area contributed by atoms with E-state index >= 15 is 0 Å². The predicted molar refractivity (Wildman–Crippen MR) is 56.5 cm³/mol. The van der Waals surface area contributed by atoms with Gasteiger partial charge in [-0.25, -0.2) is 0 Å². The standard InChI is InChI=1S/C11H25N/c1-5-7-8-9-11(6-2)10-12(3)4/h11H,5-10H2,1-4H3. The highest BCUT2D eigenvalue weighted by atomic mass is 15.1. The molecule has 0 spiro atoms. The maximum atomic E-state index is 2.31. The van der Waals surface area contributed by atoms with E-state index in [-0.39, 0.29) is 0 Å². The van der Waals surface area contributed by atoms with Crippen LogP contribution in [0, 0.1) is 5.92 Å². The molecule has 0 N–H and O–H groups in total. The summed E-state index contributed by atoms with van der Waals surface area (Å²) in [6, 6.07) is 0. The van der Waals surface area contributed by atoms with Crippen molar-refractivity contribution in [3.8, 4) is 0 Å². The van der Waals surface area contributed by atoms with E-state index in [0.717, 1.165) is 5.92 Å². The van der Waals surface area contributed by atoms with Crippen LogP contribution >= 0.6 is 0 Å². The van der Waals surface area contributed by atoms with E-state index in [4.69, 9.17) is 0 Å². The lowest BCUT2D eigenvalue weighted by Gasteiger charge is -2.19. The first-order valence-corrected chi connectivity index (χ1v) is 5.35. The fourth-order valence-electron chi connectivity index (χ4n) is 1.62. The Morgan fingerprint density at radius 2 is 1.75 bits per heavy atom. The van der Waals surface area contributed by atoms with Gasteiger partial charge in [0.2, 0.25) is 0 Å². The molecule has 1 heteroatoms. The van der Waals surface area contributed by atoms with Gasteiger partial charge in [-0.2, -0.15) is 0 Å². The Hall–Kier alpha value is -0.0400. The summed E-state index contributed by atoms with van der Waals surface area (Å²) in [6.45, 7) is 5.84. The summed E-state index contributed by atoms with van der Waals surface area (Å²) in [6.07, 6.45) is 6.93. The molecule has 0 saturated heterocycles. The summed E-state index contributed by atoms with van der Waals surface area (Å²) >= 11 is 0. The first kappa shape index (κ1) is 12.0. The van der Waals surface area contributed by atoms with Crippen LogP contribution in [0.2, 0.25) is 0 Å². The van der Waals surface area contributed by atoms with Gasteiger partial charge in [0.25, 0.3) is 0 Å². The molecule has 1 unspecified atom stereocenters. The molecule has 0 aliphatic carbocycles. The SMILES string of the molecule is CCCCCC(CC)CN(C)C. The van der Waals surface area contributed by atoms with Gasteiger partial charge in [-0.15, -0.1) is 0 Å². The Kier molecular flexibility index (Phi) is 7.58. The highest BCUT2D eigenvalue weighted by Gasteiger charge is 2.06. The zero-order valence-corrected chi connectivity index (χ0v) is 9.27. The van der Waals surface area contributed by atoms with Crippen molar-refractivity contribution in [1.82, 2.24) is 4.90 Å². The summed E-state index contributed by atoms with van der Waals surface area (Å²) in [5.74, 6) is 0.923. The molecule has 0 radical (unpaired) electrons. The molecule has 74 valence electrons. The van der Waals surface area contributed by atoms with Crippen LogP contribution in [0.15, 0.2) is 0 Å². The van der Waals surface area contributed by atoms with Crippen molar-refractivity contribution >= 4 is 0 Å². The lowest BCUT2D eigenvalue weighted by molar-refractivity contribution is 0.300. The van der Waals surface area contributed by atoms with Gasteiger partial charge in [-0.3, -0.25) is 0 Å². The minimum atomic E-state index is 0.923. The van der Waals surface area contributed by atoms with Gasteiger partial charge in [0.05, 0.1) is 0 Å². The van der Waals surface area contributed by atoms with Crippen molar-refractivity contribution in [2.75, 3.05) is 20.6 Å². The van der Waals surface area contributed by atoms with Crippen LogP contribution in [0.25, 0.3) is 0 Å². The number of hydrogen-bond donors (Lipinski definition) is 0. The zero-order valence-electron chi connectivity index (χ0n) is 9.27. The van der Waals surface area contributed by atoms with E-state index in [0.29, 0.717) is 0 Å². The van der Waals surface area contributed by atoms with Gasteiger partial charge in [0.15, 0.2) is 0 Å². The molecule has 0 aromatic rings. The van der Waals surface area contributed by atoms with Gasteiger partial charge in [0.1, 0.15) is 0 Å². The van der Waals surface area contributed by atoms with Crippen LogP contribution in [-0.2, 0) is 0 Å². The molecule has 12 heavy (non-hydrogen) atoms. The molecule has 1 nitrogen and oxygen atoms in total. The van der Waals surface area contributed by atoms with Crippen LogP contribution in [0.3, 0.4) is 0 Å². The van der Waals surface area contributed by atoms with Crippen LogP contribution < -0.4 is 0 Å². The third-order valence-corrected chi connectivity index (χ3v) is 2.42. The smallest absolute Gasteiger partial charge is 0.000346 e. The molecule has 0 aliphatic heterocycles. The van der Waals surface area contributed by atoms with Crippen molar-refractivity contribution in [2.24, 2.45) is 5.92 Å². The Bertz CT molecular complexity index is 89.0. The van der Waals surface area contributed by atoms with Crippen LogP contribution in [0.1, 0.15) is 46.0 Å². The van der Waals surface area contributed by atoms with E-state index < -0.39 is 0 Å². The second-order valence-electron chi connectivity index (χ2n) is 4.03. The molecule has 0 aliphatic rings. The second kappa shape index (κ2) is 7.60. The van der Waals surface area contributed by atoms with Crippen molar-refractivity contribution in [3.63, 3.8) is 0 Å². The van der Waals surface area contributed by atoms with E-state index in [1.54, 1.807) is 0 Å². The lowest BCUT2D eigenvalue weighted by Crippen LogP contribution is -2.21. The summed E-state index contributed by atoms with van der Waals surface area (Å²) < 4.78 is 0. The van der Waals surface area contributed by atoms with Gasteiger partial charge >= 0.3 is 0 Å². The molecular weight excluding hydrogens is 146 g/mol. The minimum Gasteiger partial charge on any atom is -0.309 e. The topological polar surface area (TPSA) is 3.24 Å². The molecule has 0 amide bonds. The average molecular weight is 171 g/mol. The molecule has 0 aromatic heterocycles. The van der Waals surface area contributed by atoms with Gasteiger partial charge in [-0.05, 0) is 26.4 Å². The maximum absolute atomic E-state index is 2.31. The van der Waals surface area contributed by atoms with Crippen LogP contribution in [-0.4, -0.2) is 25.5 Å². The quantitative estimate of drug-likeness (QED) is 0.532. The largest absolute Gasteiger partial charge is 0.309 e. The van der Waals surface area contributed by atoms with Gasteiger partial charge in [0, 0.05) is 6.54 Å². The summed E-state index contributed by atoms with van der Waals surface area (Å²) in [7, 11) is 4.34. The molecule has 0 heterocycles. The van der Waals surface area contributed by atoms with E-state index in [2.05, 4.69) is 32.8 Å². The highest BCUT2D eigenvalue weighted by Crippen LogP contribution is 2.13. The second-order valence-corrected chi connectivity index (χ2v) is 4.03. The van der Waals surface area contributed by atoms with Crippen LogP contribution in [0.4, 0.5) is 0 Å². The average Bonchev–Trinajstić information content (AvgIpc) is 2.02. The molecule has 0 fully saturated rings. The van der Waals surface area contributed by atoms with Crippen molar-refractivity contribution in [1.29, 1.82) is 0 Å². The Morgan fingerprint density at radius 1 is 1.08 bits per heavy atom. The first-order chi connectivity index (χ1) is 5.70. The van der Waals surface area contributed by atoms with Crippen molar-refractivity contribution in [3.05, 3.63) is 0 Å². The predicted octanol–water partition coefficient (Wildman–Crippen LogP) is 3.15. The Morgan fingerprint density at radius 3 is 2.17 bits per heavy atom. The third kappa shape index (κ3) is 6.66. The normalized spacial score (nSPS) is 13.8. The fraction of sp³-hybridized carbons (Fsp3) is 1.00. The molecular formula is C11H25N. The maximum Gasteiger partial charge on any atom is 0.000346 e. The van der Waals surface area contributed by atoms with Crippen molar-refractivity contribution in [2.45, 2.75) is 46.0 Å². The Balaban J connectivity index is 3.39. The molecule has 1 atom stereocenters. The van der Waals surface area contributed by atoms with E-state index in [1.165, 1.54) is 38.6 Å². The molecule has 0 rings (SSSR count). The lowest BCUT2D eigenvalue weighted by atomic mass is 9.98. The summed E-state index contributed by atoms with van der Waals surface area (Å²) in [5.41, 5.74) is 0. The summed E-state index contributed by atoms with van der Waals surface area (Å²) in [4.78, 5) is 2.31. The molecule has 0 saturated carbocycles. The van der Waals surface area contributed by atoms with E-state index in [9.17, 15) is 0 Å². The van der Waals surface area contributed by atoms with Crippen molar-refractivity contribution < 1.29 is 0 Å². The van der Waals surface area contributed by atoms with Gasteiger partial charge < -0.3 is 4.90 Å². The molecule has 0 aromatic carbocycles. The third-order valence-electron chi connectivity index (χ3n) is 2.42. The number of rotatable bonds is 7. The number of hydrogen-bond acceptors (Lipinski definition) is 1. The number of nitrogens with zero attached hydrogens (tertiary/aromatic N) is 1. The fourth-order valence-corrected chi connectivity index (χ4v) is 1.62. The Labute approximate surface area is 78.1 Å². The minimum absolute atomic E-state index is 0.923. The van der Waals surface area contributed by atoms with Crippen LogP contribution in [0.5, 0.6) is 0 Å². The number of unbranched alkanes of at least 4 members (excludes halogenated alkanes) is 2. The zero-order chi connectivity index (χ0) is 9.40. The molecule has 0 bridgehead atoms. The first-order valence-electron chi connectivity index (χ1n) is 5.35. The summed E-state index contributed by atoms with van der Waals surface area (Å²) in [5, 5.41) is 0.